The van der Waals surface area contributed by atoms with Gasteiger partial charge in [0.15, 0.2) is 0 Å². The third-order valence-corrected chi connectivity index (χ3v) is 3.93. The number of piperidine rings is 1. The van der Waals surface area contributed by atoms with Gasteiger partial charge in [-0.25, -0.2) is 4.79 Å². The molecule has 1 fully saturated rings. The van der Waals surface area contributed by atoms with Crippen LogP contribution < -0.4 is 5.32 Å². The highest BCUT2D eigenvalue weighted by atomic mass is 16.2. The Morgan fingerprint density at radius 1 is 1.33 bits per heavy atom. The van der Waals surface area contributed by atoms with E-state index in [1.807, 2.05) is 44.3 Å². The van der Waals surface area contributed by atoms with E-state index < -0.39 is 0 Å². The summed E-state index contributed by atoms with van der Waals surface area (Å²) in [5, 5.41) is 2.88. The van der Waals surface area contributed by atoms with E-state index >= 15 is 0 Å². The van der Waals surface area contributed by atoms with Crippen molar-refractivity contribution in [2.45, 2.75) is 19.8 Å². The van der Waals surface area contributed by atoms with Gasteiger partial charge >= 0.3 is 6.03 Å². The molecule has 2 rings (SSSR count). The number of benzene rings is 1. The van der Waals surface area contributed by atoms with Crippen LogP contribution in [0.5, 0.6) is 0 Å². The van der Waals surface area contributed by atoms with Crippen LogP contribution in [0.15, 0.2) is 30.3 Å². The number of hydrogen-bond acceptors (Lipinski definition) is 2. The third-order valence-electron chi connectivity index (χ3n) is 3.93. The summed E-state index contributed by atoms with van der Waals surface area (Å²) in [6.45, 7) is 3.87. The van der Waals surface area contributed by atoms with E-state index in [9.17, 15) is 9.59 Å². The first-order valence-corrected chi connectivity index (χ1v) is 7.47. The maximum atomic E-state index is 12.3. The van der Waals surface area contributed by atoms with Crippen LogP contribution in [0, 0.1) is 5.92 Å². The average Bonchev–Trinajstić information content (AvgIpc) is 2.54. The van der Waals surface area contributed by atoms with Crippen molar-refractivity contribution in [1.29, 1.82) is 0 Å². The molecule has 1 heterocycles. The van der Waals surface area contributed by atoms with E-state index in [-0.39, 0.29) is 17.9 Å². The minimum absolute atomic E-state index is 0.0785. The summed E-state index contributed by atoms with van der Waals surface area (Å²) in [7, 11) is 1.81. The number of amides is 3. The molecule has 3 amide bonds. The minimum atomic E-state index is -0.127. The average molecular weight is 289 g/mol. The Labute approximate surface area is 125 Å². The number of para-hydroxylation sites is 1. The van der Waals surface area contributed by atoms with Crippen LogP contribution in [0.3, 0.4) is 0 Å². The summed E-state index contributed by atoms with van der Waals surface area (Å²) in [6.07, 6.45) is 1.73. The SMILES string of the molecule is CCN(C)C(=O)C1CCCN(C(=O)Nc2ccccc2)C1. The maximum Gasteiger partial charge on any atom is 0.321 e. The van der Waals surface area contributed by atoms with Gasteiger partial charge in [-0.15, -0.1) is 0 Å². The molecule has 21 heavy (non-hydrogen) atoms. The molecular weight excluding hydrogens is 266 g/mol. The van der Waals surface area contributed by atoms with Crippen molar-refractivity contribution in [3.63, 3.8) is 0 Å². The van der Waals surface area contributed by atoms with Crippen LogP contribution in [-0.4, -0.2) is 48.4 Å². The van der Waals surface area contributed by atoms with Gasteiger partial charge in [-0.3, -0.25) is 4.79 Å². The second-order valence-electron chi connectivity index (χ2n) is 5.43. The van der Waals surface area contributed by atoms with Crippen molar-refractivity contribution in [2.24, 2.45) is 5.92 Å². The Bertz CT molecular complexity index is 490. The standard InChI is InChI=1S/C16H23N3O2/c1-3-18(2)15(20)13-8-7-11-19(12-13)16(21)17-14-9-5-4-6-10-14/h4-6,9-10,13H,3,7-8,11-12H2,1-2H3,(H,17,21). The monoisotopic (exact) mass is 289 g/mol. The van der Waals surface area contributed by atoms with Crippen molar-refractivity contribution >= 4 is 17.6 Å². The van der Waals surface area contributed by atoms with E-state index in [0.717, 1.165) is 18.5 Å². The zero-order valence-electron chi connectivity index (χ0n) is 12.7. The van der Waals surface area contributed by atoms with Crippen molar-refractivity contribution in [1.82, 2.24) is 9.80 Å². The molecule has 114 valence electrons. The predicted octanol–water partition coefficient (Wildman–Crippen LogP) is 2.41. The number of likely N-dealkylation sites (tertiary alicyclic amines) is 1. The van der Waals surface area contributed by atoms with Gasteiger partial charge in [0.1, 0.15) is 0 Å². The third kappa shape index (κ3) is 3.97. The summed E-state index contributed by atoms with van der Waals surface area (Å²) in [5.74, 6) is 0.0555. The number of nitrogens with one attached hydrogen (secondary N) is 1. The molecule has 1 aromatic carbocycles. The maximum absolute atomic E-state index is 12.3. The van der Waals surface area contributed by atoms with Crippen LogP contribution in [-0.2, 0) is 4.79 Å². The number of nitrogens with zero attached hydrogens (tertiary/aromatic N) is 2. The number of carbonyl (C=O) groups is 2. The fraction of sp³-hybridized carbons (Fsp3) is 0.500. The van der Waals surface area contributed by atoms with E-state index in [1.165, 1.54) is 0 Å². The summed E-state index contributed by atoms with van der Waals surface area (Å²) in [5.41, 5.74) is 0.779. The summed E-state index contributed by atoms with van der Waals surface area (Å²) in [4.78, 5) is 28.0. The second kappa shape index (κ2) is 7.11. The van der Waals surface area contributed by atoms with Crippen molar-refractivity contribution in [2.75, 3.05) is 32.0 Å². The van der Waals surface area contributed by atoms with Crippen LogP contribution in [0.4, 0.5) is 10.5 Å². The van der Waals surface area contributed by atoms with Crippen LogP contribution in [0.2, 0.25) is 0 Å². The Morgan fingerprint density at radius 3 is 2.71 bits per heavy atom. The van der Waals surface area contributed by atoms with Crippen molar-refractivity contribution in [3.8, 4) is 0 Å². The number of rotatable bonds is 3. The van der Waals surface area contributed by atoms with Crippen molar-refractivity contribution in [3.05, 3.63) is 30.3 Å². The number of hydrogen-bond donors (Lipinski definition) is 1. The van der Waals surface area contributed by atoms with Gasteiger partial charge in [0.05, 0.1) is 5.92 Å². The fourth-order valence-electron chi connectivity index (χ4n) is 2.55. The molecule has 1 unspecified atom stereocenters. The lowest BCUT2D eigenvalue weighted by molar-refractivity contribution is -0.135. The van der Waals surface area contributed by atoms with Gasteiger partial charge in [0.25, 0.3) is 0 Å². The molecule has 5 heteroatoms. The molecular formula is C16H23N3O2. The van der Waals surface area contributed by atoms with Crippen LogP contribution >= 0.6 is 0 Å². The largest absolute Gasteiger partial charge is 0.346 e. The molecule has 1 aliphatic rings. The van der Waals surface area contributed by atoms with Gasteiger partial charge < -0.3 is 15.1 Å². The highest BCUT2D eigenvalue weighted by Gasteiger charge is 2.29. The van der Waals surface area contributed by atoms with E-state index in [1.54, 1.807) is 9.80 Å². The Hall–Kier alpha value is -2.04. The summed E-state index contributed by atoms with van der Waals surface area (Å²) >= 11 is 0. The Morgan fingerprint density at radius 2 is 2.05 bits per heavy atom. The molecule has 0 aliphatic carbocycles. The fourth-order valence-corrected chi connectivity index (χ4v) is 2.55. The molecule has 1 atom stereocenters. The lowest BCUT2D eigenvalue weighted by atomic mass is 9.97. The molecule has 1 aromatic rings. The van der Waals surface area contributed by atoms with Crippen LogP contribution in [0.25, 0.3) is 0 Å². The molecule has 0 bridgehead atoms. The molecule has 1 aliphatic heterocycles. The van der Waals surface area contributed by atoms with Gasteiger partial charge in [-0.2, -0.15) is 0 Å². The van der Waals surface area contributed by atoms with Gasteiger partial charge in [-0.05, 0) is 31.9 Å². The number of carbonyl (C=O) groups excluding carboxylic acids is 2. The zero-order chi connectivity index (χ0) is 15.2. The summed E-state index contributed by atoms with van der Waals surface area (Å²) in [6, 6.07) is 9.26. The lowest BCUT2D eigenvalue weighted by Gasteiger charge is -2.33. The zero-order valence-corrected chi connectivity index (χ0v) is 12.7. The topological polar surface area (TPSA) is 52.7 Å². The van der Waals surface area contributed by atoms with E-state index in [0.29, 0.717) is 19.6 Å². The Kier molecular flexibility index (Phi) is 5.20. The lowest BCUT2D eigenvalue weighted by Crippen LogP contribution is -2.47. The predicted molar refractivity (Wildman–Crippen MR) is 83.1 cm³/mol. The highest BCUT2D eigenvalue weighted by Crippen LogP contribution is 2.19. The van der Waals surface area contributed by atoms with E-state index in [4.69, 9.17) is 0 Å². The van der Waals surface area contributed by atoms with Gasteiger partial charge in [0, 0.05) is 32.4 Å². The first-order chi connectivity index (χ1) is 10.1. The van der Waals surface area contributed by atoms with Gasteiger partial charge in [-0.1, -0.05) is 18.2 Å². The second-order valence-corrected chi connectivity index (χ2v) is 5.43. The quantitative estimate of drug-likeness (QED) is 0.929. The first-order valence-electron chi connectivity index (χ1n) is 7.47. The number of urea groups is 1. The summed E-state index contributed by atoms with van der Waals surface area (Å²) < 4.78 is 0. The number of anilines is 1. The van der Waals surface area contributed by atoms with Gasteiger partial charge in [0.2, 0.25) is 5.91 Å². The first kappa shape index (κ1) is 15.4. The molecule has 1 N–H and O–H groups in total. The molecule has 0 aromatic heterocycles. The van der Waals surface area contributed by atoms with Crippen LogP contribution in [0.1, 0.15) is 19.8 Å². The van der Waals surface area contributed by atoms with Crippen molar-refractivity contribution < 1.29 is 9.59 Å². The highest BCUT2D eigenvalue weighted by molar-refractivity contribution is 5.90. The molecule has 0 saturated carbocycles. The normalized spacial score (nSPS) is 18.2. The smallest absolute Gasteiger partial charge is 0.321 e. The molecule has 1 saturated heterocycles. The Balaban J connectivity index is 1.94. The minimum Gasteiger partial charge on any atom is -0.346 e. The molecule has 5 nitrogen and oxygen atoms in total. The molecule has 0 radical (unpaired) electrons. The van der Waals surface area contributed by atoms with E-state index in [2.05, 4.69) is 5.32 Å². The molecule has 0 spiro atoms.